The lowest BCUT2D eigenvalue weighted by Crippen LogP contribution is -2.23. The molecule has 1 heterocycles. The van der Waals surface area contributed by atoms with E-state index in [0.29, 0.717) is 5.89 Å². The standard InChI is InChI=1S/C13H19N3O/c1-9(14)5-6-15-8-11-3-4-12-13(7-11)17-10(2)16-12/h3-4,7,9,15H,5-6,8,14H2,1-2H3. The molecule has 0 aliphatic carbocycles. The molecule has 1 unspecified atom stereocenters. The van der Waals surface area contributed by atoms with Crippen molar-refractivity contribution in [3.63, 3.8) is 0 Å². The first kappa shape index (κ1) is 12.1. The highest BCUT2D eigenvalue weighted by atomic mass is 16.3. The van der Waals surface area contributed by atoms with Gasteiger partial charge in [-0.25, -0.2) is 4.98 Å². The summed E-state index contributed by atoms with van der Waals surface area (Å²) in [6.45, 7) is 5.65. The Kier molecular flexibility index (Phi) is 3.76. The average Bonchev–Trinajstić information content (AvgIpc) is 2.63. The molecule has 0 aliphatic rings. The quantitative estimate of drug-likeness (QED) is 0.775. The molecule has 3 N–H and O–H groups in total. The van der Waals surface area contributed by atoms with Gasteiger partial charge < -0.3 is 15.5 Å². The Morgan fingerprint density at radius 3 is 3.06 bits per heavy atom. The molecule has 0 aliphatic heterocycles. The zero-order valence-corrected chi connectivity index (χ0v) is 10.4. The molecule has 17 heavy (non-hydrogen) atoms. The minimum absolute atomic E-state index is 0.252. The van der Waals surface area contributed by atoms with E-state index in [4.69, 9.17) is 10.2 Å². The summed E-state index contributed by atoms with van der Waals surface area (Å²) in [4.78, 5) is 4.27. The maximum Gasteiger partial charge on any atom is 0.192 e. The summed E-state index contributed by atoms with van der Waals surface area (Å²) in [5, 5.41) is 3.36. The molecule has 4 nitrogen and oxygen atoms in total. The van der Waals surface area contributed by atoms with Gasteiger partial charge in [-0.05, 0) is 37.6 Å². The Morgan fingerprint density at radius 1 is 1.47 bits per heavy atom. The van der Waals surface area contributed by atoms with Crippen LogP contribution in [0.4, 0.5) is 0 Å². The lowest BCUT2D eigenvalue weighted by atomic mass is 10.2. The number of hydrogen-bond acceptors (Lipinski definition) is 4. The zero-order chi connectivity index (χ0) is 12.3. The first-order valence-electron chi connectivity index (χ1n) is 5.97. The number of rotatable bonds is 5. The first-order valence-corrected chi connectivity index (χ1v) is 5.97. The van der Waals surface area contributed by atoms with Gasteiger partial charge in [-0.15, -0.1) is 0 Å². The third kappa shape index (κ3) is 3.28. The van der Waals surface area contributed by atoms with E-state index in [1.54, 1.807) is 0 Å². The smallest absolute Gasteiger partial charge is 0.192 e. The van der Waals surface area contributed by atoms with Crippen LogP contribution >= 0.6 is 0 Å². The molecule has 2 rings (SSSR count). The highest BCUT2D eigenvalue weighted by molar-refractivity contribution is 5.73. The predicted molar refractivity (Wildman–Crippen MR) is 68.7 cm³/mol. The summed E-state index contributed by atoms with van der Waals surface area (Å²) in [5.74, 6) is 0.710. The maximum atomic E-state index is 5.69. The average molecular weight is 233 g/mol. The number of aromatic nitrogens is 1. The SMILES string of the molecule is Cc1nc2ccc(CNCCC(C)N)cc2o1. The molecule has 2 aromatic rings. The maximum absolute atomic E-state index is 5.69. The van der Waals surface area contributed by atoms with E-state index in [2.05, 4.69) is 16.4 Å². The molecule has 0 radical (unpaired) electrons. The third-order valence-corrected chi connectivity index (χ3v) is 2.67. The second-order valence-corrected chi connectivity index (χ2v) is 4.48. The van der Waals surface area contributed by atoms with Gasteiger partial charge in [0.15, 0.2) is 11.5 Å². The number of nitrogens with zero attached hydrogens (tertiary/aromatic N) is 1. The van der Waals surface area contributed by atoms with E-state index in [0.717, 1.165) is 30.6 Å². The number of hydrogen-bond donors (Lipinski definition) is 2. The van der Waals surface area contributed by atoms with Crippen LogP contribution in [-0.4, -0.2) is 17.6 Å². The lowest BCUT2D eigenvalue weighted by molar-refractivity contribution is 0.559. The molecule has 0 bridgehead atoms. The van der Waals surface area contributed by atoms with Crippen molar-refractivity contribution >= 4 is 11.1 Å². The van der Waals surface area contributed by atoms with Gasteiger partial charge in [-0.1, -0.05) is 6.07 Å². The summed E-state index contributed by atoms with van der Waals surface area (Å²) in [6, 6.07) is 6.35. The molecule has 0 saturated heterocycles. The minimum atomic E-state index is 0.252. The molecule has 0 spiro atoms. The van der Waals surface area contributed by atoms with E-state index in [1.807, 2.05) is 26.0 Å². The summed E-state index contributed by atoms with van der Waals surface area (Å²) < 4.78 is 5.49. The van der Waals surface area contributed by atoms with Gasteiger partial charge in [0.05, 0.1) is 0 Å². The van der Waals surface area contributed by atoms with Crippen LogP contribution in [0.1, 0.15) is 24.8 Å². The molecule has 0 saturated carbocycles. The molecule has 1 aromatic carbocycles. The van der Waals surface area contributed by atoms with Crippen molar-refractivity contribution in [3.8, 4) is 0 Å². The van der Waals surface area contributed by atoms with Crippen LogP contribution in [0, 0.1) is 6.92 Å². The number of oxazole rings is 1. The van der Waals surface area contributed by atoms with Gasteiger partial charge in [-0.3, -0.25) is 0 Å². The van der Waals surface area contributed by atoms with Crippen LogP contribution in [-0.2, 0) is 6.54 Å². The van der Waals surface area contributed by atoms with Gasteiger partial charge in [0, 0.05) is 19.5 Å². The van der Waals surface area contributed by atoms with Crippen molar-refractivity contribution in [2.24, 2.45) is 5.73 Å². The molecular formula is C13H19N3O. The van der Waals surface area contributed by atoms with Gasteiger partial charge in [0.1, 0.15) is 5.52 Å². The van der Waals surface area contributed by atoms with Crippen LogP contribution in [0.5, 0.6) is 0 Å². The third-order valence-electron chi connectivity index (χ3n) is 2.67. The normalized spacial score (nSPS) is 13.1. The monoisotopic (exact) mass is 233 g/mol. The van der Waals surface area contributed by atoms with Crippen molar-refractivity contribution in [1.29, 1.82) is 0 Å². The molecule has 4 heteroatoms. The number of nitrogens with one attached hydrogen (secondary N) is 1. The molecule has 0 amide bonds. The minimum Gasteiger partial charge on any atom is -0.441 e. The van der Waals surface area contributed by atoms with Crippen LogP contribution < -0.4 is 11.1 Å². The van der Waals surface area contributed by atoms with Crippen LogP contribution in [0.25, 0.3) is 11.1 Å². The Balaban J connectivity index is 1.94. The Morgan fingerprint density at radius 2 is 2.29 bits per heavy atom. The number of aryl methyl sites for hydroxylation is 1. The van der Waals surface area contributed by atoms with Crippen LogP contribution in [0.2, 0.25) is 0 Å². The van der Waals surface area contributed by atoms with E-state index >= 15 is 0 Å². The van der Waals surface area contributed by atoms with E-state index < -0.39 is 0 Å². The van der Waals surface area contributed by atoms with Crippen molar-refractivity contribution in [2.45, 2.75) is 32.9 Å². The Hall–Kier alpha value is -1.39. The lowest BCUT2D eigenvalue weighted by Gasteiger charge is -2.06. The molecule has 1 atom stereocenters. The number of nitrogens with two attached hydrogens (primary N) is 1. The van der Waals surface area contributed by atoms with E-state index in [9.17, 15) is 0 Å². The van der Waals surface area contributed by atoms with Crippen molar-refractivity contribution in [2.75, 3.05) is 6.54 Å². The first-order chi connectivity index (χ1) is 8.15. The Bertz CT molecular complexity index is 490. The predicted octanol–water partition coefficient (Wildman–Crippen LogP) is 1.96. The fourth-order valence-electron chi connectivity index (χ4n) is 1.76. The topological polar surface area (TPSA) is 64.1 Å². The van der Waals surface area contributed by atoms with Gasteiger partial charge in [-0.2, -0.15) is 0 Å². The molecule has 0 fully saturated rings. The summed E-state index contributed by atoms with van der Waals surface area (Å²) >= 11 is 0. The number of fused-ring (bicyclic) bond motifs is 1. The van der Waals surface area contributed by atoms with Gasteiger partial charge in [0.2, 0.25) is 0 Å². The van der Waals surface area contributed by atoms with Gasteiger partial charge in [0.25, 0.3) is 0 Å². The molecule has 92 valence electrons. The van der Waals surface area contributed by atoms with Crippen molar-refractivity contribution in [1.82, 2.24) is 10.3 Å². The second-order valence-electron chi connectivity index (χ2n) is 4.48. The summed E-state index contributed by atoms with van der Waals surface area (Å²) in [6.07, 6.45) is 0.990. The second kappa shape index (κ2) is 5.29. The molecular weight excluding hydrogens is 214 g/mol. The summed E-state index contributed by atoms with van der Waals surface area (Å²) in [5.41, 5.74) is 8.67. The largest absolute Gasteiger partial charge is 0.441 e. The highest BCUT2D eigenvalue weighted by Crippen LogP contribution is 2.16. The van der Waals surface area contributed by atoms with Crippen molar-refractivity contribution in [3.05, 3.63) is 29.7 Å². The summed E-state index contributed by atoms with van der Waals surface area (Å²) in [7, 11) is 0. The molecule has 1 aromatic heterocycles. The van der Waals surface area contributed by atoms with Gasteiger partial charge >= 0.3 is 0 Å². The zero-order valence-electron chi connectivity index (χ0n) is 10.4. The fourth-order valence-corrected chi connectivity index (χ4v) is 1.76. The Labute approximate surface area is 101 Å². The van der Waals surface area contributed by atoms with E-state index in [-0.39, 0.29) is 6.04 Å². The fraction of sp³-hybridized carbons (Fsp3) is 0.462. The van der Waals surface area contributed by atoms with Crippen molar-refractivity contribution < 1.29 is 4.42 Å². The highest BCUT2D eigenvalue weighted by Gasteiger charge is 2.03. The van der Waals surface area contributed by atoms with Crippen LogP contribution in [0.3, 0.4) is 0 Å². The number of benzene rings is 1. The van der Waals surface area contributed by atoms with E-state index in [1.165, 1.54) is 5.56 Å². The van der Waals surface area contributed by atoms with Crippen LogP contribution in [0.15, 0.2) is 22.6 Å².